The number of aliphatic carboxylic acids is 1. The molecule has 0 saturated carbocycles. The lowest BCUT2D eigenvalue weighted by molar-refractivity contribution is -0.143. The molecule has 1 fully saturated rings. The van der Waals surface area contributed by atoms with Gasteiger partial charge in [0.25, 0.3) is 0 Å². The lowest BCUT2D eigenvalue weighted by atomic mass is 10.1. The number of likely N-dealkylation sites (tertiary alicyclic amines) is 1. The van der Waals surface area contributed by atoms with Gasteiger partial charge in [-0.15, -0.1) is 11.3 Å². The van der Waals surface area contributed by atoms with Gasteiger partial charge in [0.05, 0.1) is 6.54 Å². The van der Waals surface area contributed by atoms with Crippen molar-refractivity contribution in [3.05, 3.63) is 21.9 Å². The molecule has 3 heterocycles. The Bertz CT molecular complexity index is 528. The predicted octanol–water partition coefficient (Wildman–Crippen LogP) is 1.18. The number of hydrogen-bond donors (Lipinski definition) is 1. The van der Waals surface area contributed by atoms with Crippen LogP contribution in [0.3, 0.4) is 0 Å². The van der Waals surface area contributed by atoms with Gasteiger partial charge in [-0.3, -0.25) is 14.5 Å². The van der Waals surface area contributed by atoms with Crippen LogP contribution in [-0.4, -0.2) is 52.5 Å². The zero-order valence-corrected chi connectivity index (χ0v) is 12.1. The quantitative estimate of drug-likeness (QED) is 0.909. The highest BCUT2D eigenvalue weighted by molar-refractivity contribution is 7.10. The minimum absolute atomic E-state index is 0.0509. The first-order valence-corrected chi connectivity index (χ1v) is 7.83. The highest BCUT2D eigenvalue weighted by Gasteiger charge is 2.33. The fourth-order valence-corrected chi connectivity index (χ4v) is 3.92. The minimum Gasteiger partial charge on any atom is -0.480 e. The number of carboxylic acids is 1. The smallest absolute Gasteiger partial charge is 0.320 e. The van der Waals surface area contributed by atoms with Gasteiger partial charge in [0.15, 0.2) is 0 Å². The Morgan fingerprint density at radius 2 is 2.25 bits per heavy atom. The van der Waals surface area contributed by atoms with Crippen molar-refractivity contribution in [1.82, 2.24) is 9.80 Å². The van der Waals surface area contributed by atoms with Crippen LogP contribution in [0.5, 0.6) is 0 Å². The standard InChI is InChI=1S/C14H18N2O3S/c17-13(9-15-5-1-2-11(15)14(18)19)16-6-3-12-10(8-16)4-7-20-12/h4,7,11H,1-3,5-6,8-9H2,(H,18,19)/t11-/m0/s1. The van der Waals surface area contributed by atoms with Gasteiger partial charge in [-0.05, 0) is 42.8 Å². The molecule has 108 valence electrons. The predicted molar refractivity (Wildman–Crippen MR) is 75.7 cm³/mol. The molecule has 0 aliphatic carbocycles. The molecular formula is C14H18N2O3S. The van der Waals surface area contributed by atoms with Gasteiger partial charge in [0, 0.05) is 18.0 Å². The van der Waals surface area contributed by atoms with Crippen molar-refractivity contribution in [2.75, 3.05) is 19.6 Å². The summed E-state index contributed by atoms with van der Waals surface area (Å²) >= 11 is 1.75. The molecule has 1 N–H and O–H groups in total. The molecule has 0 aromatic carbocycles. The van der Waals surface area contributed by atoms with Crippen molar-refractivity contribution >= 4 is 23.2 Å². The van der Waals surface area contributed by atoms with Gasteiger partial charge < -0.3 is 10.0 Å². The van der Waals surface area contributed by atoms with Crippen LogP contribution in [0.25, 0.3) is 0 Å². The molecule has 1 aromatic heterocycles. The van der Waals surface area contributed by atoms with E-state index in [1.165, 1.54) is 10.4 Å². The zero-order chi connectivity index (χ0) is 14.1. The Balaban J connectivity index is 1.61. The van der Waals surface area contributed by atoms with E-state index in [4.69, 9.17) is 5.11 Å². The number of carbonyl (C=O) groups is 2. The monoisotopic (exact) mass is 294 g/mol. The highest BCUT2D eigenvalue weighted by Crippen LogP contribution is 2.24. The summed E-state index contributed by atoms with van der Waals surface area (Å²) in [7, 11) is 0. The van der Waals surface area contributed by atoms with Crippen molar-refractivity contribution < 1.29 is 14.7 Å². The van der Waals surface area contributed by atoms with Gasteiger partial charge in [-0.25, -0.2) is 0 Å². The molecule has 2 aliphatic rings. The summed E-state index contributed by atoms with van der Waals surface area (Å²) in [6.45, 7) is 2.36. The fraction of sp³-hybridized carbons (Fsp3) is 0.571. The molecule has 3 rings (SSSR count). The SMILES string of the molecule is O=C(O)[C@@H]1CCCN1CC(=O)N1CCc2sccc2C1. The van der Waals surface area contributed by atoms with E-state index >= 15 is 0 Å². The van der Waals surface area contributed by atoms with Crippen molar-refractivity contribution in [2.45, 2.75) is 31.8 Å². The summed E-state index contributed by atoms with van der Waals surface area (Å²) < 4.78 is 0. The van der Waals surface area contributed by atoms with E-state index in [-0.39, 0.29) is 12.5 Å². The van der Waals surface area contributed by atoms with Crippen LogP contribution in [0.1, 0.15) is 23.3 Å². The van der Waals surface area contributed by atoms with E-state index in [1.807, 2.05) is 4.90 Å². The summed E-state index contributed by atoms with van der Waals surface area (Å²) in [5.41, 5.74) is 1.24. The van der Waals surface area contributed by atoms with Crippen LogP contribution in [-0.2, 0) is 22.6 Å². The summed E-state index contributed by atoms with van der Waals surface area (Å²) in [5, 5.41) is 11.2. The average Bonchev–Trinajstić information content (AvgIpc) is 3.05. The molecular weight excluding hydrogens is 276 g/mol. The van der Waals surface area contributed by atoms with Crippen molar-refractivity contribution in [3.8, 4) is 0 Å². The molecule has 0 unspecified atom stereocenters. The van der Waals surface area contributed by atoms with Gasteiger partial charge in [0.1, 0.15) is 6.04 Å². The molecule has 1 saturated heterocycles. The van der Waals surface area contributed by atoms with E-state index in [9.17, 15) is 9.59 Å². The van der Waals surface area contributed by atoms with Crippen molar-refractivity contribution in [2.24, 2.45) is 0 Å². The third-order valence-corrected chi connectivity index (χ3v) is 5.17. The number of nitrogens with zero attached hydrogens (tertiary/aromatic N) is 2. The largest absolute Gasteiger partial charge is 0.480 e. The Kier molecular flexibility index (Phi) is 3.76. The molecule has 1 aromatic rings. The van der Waals surface area contributed by atoms with E-state index < -0.39 is 12.0 Å². The molecule has 0 spiro atoms. The number of amides is 1. The van der Waals surface area contributed by atoms with Crippen molar-refractivity contribution in [3.63, 3.8) is 0 Å². The van der Waals surface area contributed by atoms with Crippen LogP contribution in [0.4, 0.5) is 0 Å². The Hall–Kier alpha value is -1.40. The highest BCUT2D eigenvalue weighted by atomic mass is 32.1. The average molecular weight is 294 g/mol. The first-order chi connectivity index (χ1) is 9.65. The Labute approximate surface area is 121 Å². The second-order valence-corrected chi connectivity index (χ2v) is 6.40. The molecule has 5 nitrogen and oxygen atoms in total. The third kappa shape index (κ3) is 2.58. The Morgan fingerprint density at radius 1 is 1.40 bits per heavy atom. The van der Waals surface area contributed by atoms with Crippen LogP contribution in [0, 0.1) is 0 Å². The molecule has 1 atom stereocenters. The first-order valence-electron chi connectivity index (χ1n) is 6.95. The summed E-state index contributed by atoms with van der Waals surface area (Å²) in [5.74, 6) is -0.760. The number of hydrogen-bond acceptors (Lipinski definition) is 4. The number of rotatable bonds is 3. The minimum atomic E-state index is -0.811. The van der Waals surface area contributed by atoms with E-state index in [1.54, 1.807) is 16.2 Å². The fourth-order valence-electron chi connectivity index (χ4n) is 3.03. The molecule has 0 bridgehead atoms. The first kappa shape index (κ1) is 13.6. The molecule has 1 amide bonds. The number of thiophene rings is 1. The zero-order valence-electron chi connectivity index (χ0n) is 11.2. The van der Waals surface area contributed by atoms with Crippen LogP contribution in [0.2, 0.25) is 0 Å². The van der Waals surface area contributed by atoms with Gasteiger partial charge >= 0.3 is 5.97 Å². The van der Waals surface area contributed by atoms with E-state index in [0.29, 0.717) is 19.5 Å². The van der Waals surface area contributed by atoms with Gasteiger partial charge in [-0.2, -0.15) is 0 Å². The maximum Gasteiger partial charge on any atom is 0.320 e. The second kappa shape index (κ2) is 5.54. The maximum atomic E-state index is 12.3. The van der Waals surface area contributed by atoms with Crippen molar-refractivity contribution in [1.29, 1.82) is 0 Å². The van der Waals surface area contributed by atoms with Gasteiger partial charge in [-0.1, -0.05) is 0 Å². The third-order valence-electron chi connectivity index (χ3n) is 4.15. The topological polar surface area (TPSA) is 60.9 Å². The van der Waals surface area contributed by atoms with Gasteiger partial charge in [0.2, 0.25) is 5.91 Å². The number of fused-ring (bicyclic) bond motifs is 1. The summed E-state index contributed by atoms with van der Waals surface area (Å²) in [4.78, 5) is 28.5. The Morgan fingerprint density at radius 3 is 3.05 bits per heavy atom. The molecule has 0 radical (unpaired) electrons. The summed E-state index contributed by atoms with van der Waals surface area (Å²) in [6, 6.07) is 1.59. The van der Waals surface area contributed by atoms with E-state index in [2.05, 4.69) is 11.4 Å². The molecule has 2 aliphatic heterocycles. The summed E-state index contributed by atoms with van der Waals surface area (Å²) in [6.07, 6.45) is 2.43. The normalized spacial score (nSPS) is 22.8. The second-order valence-electron chi connectivity index (χ2n) is 5.40. The van der Waals surface area contributed by atoms with Crippen LogP contribution >= 0.6 is 11.3 Å². The number of carboxylic acid groups (broad SMARTS) is 1. The maximum absolute atomic E-state index is 12.3. The van der Waals surface area contributed by atoms with Crippen LogP contribution < -0.4 is 0 Å². The van der Waals surface area contributed by atoms with Crippen LogP contribution in [0.15, 0.2) is 11.4 Å². The molecule has 20 heavy (non-hydrogen) atoms. The lowest BCUT2D eigenvalue weighted by Crippen LogP contribution is -2.45. The number of carbonyl (C=O) groups excluding carboxylic acids is 1. The molecule has 6 heteroatoms. The lowest BCUT2D eigenvalue weighted by Gasteiger charge is -2.29. The van der Waals surface area contributed by atoms with E-state index in [0.717, 1.165) is 19.4 Å².